The summed E-state index contributed by atoms with van der Waals surface area (Å²) in [6, 6.07) is 6.39. The molecule has 1 aromatic rings. The van der Waals surface area contributed by atoms with Crippen LogP contribution in [0.4, 0.5) is 5.69 Å². The molecule has 3 amide bonds. The van der Waals surface area contributed by atoms with Crippen LogP contribution in [0.1, 0.15) is 18.4 Å². The van der Waals surface area contributed by atoms with Gasteiger partial charge >= 0.3 is 5.97 Å². The lowest BCUT2D eigenvalue weighted by molar-refractivity contribution is -0.186. The van der Waals surface area contributed by atoms with E-state index in [0.717, 1.165) is 9.96 Å². The van der Waals surface area contributed by atoms with Crippen molar-refractivity contribution >= 4 is 29.4 Å². The third-order valence-electron chi connectivity index (χ3n) is 3.69. The highest BCUT2D eigenvalue weighted by molar-refractivity contribution is 6.28. The van der Waals surface area contributed by atoms with Gasteiger partial charge in [-0.05, 0) is 24.1 Å². The molecule has 0 N–H and O–H groups in total. The van der Waals surface area contributed by atoms with Crippen LogP contribution >= 0.6 is 0 Å². The fourth-order valence-electron chi connectivity index (χ4n) is 2.46. The van der Waals surface area contributed by atoms with E-state index in [0.29, 0.717) is 23.4 Å². The van der Waals surface area contributed by atoms with Crippen molar-refractivity contribution in [2.24, 2.45) is 0 Å². The van der Waals surface area contributed by atoms with E-state index in [1.807, 2.05) is 0 Å². The molecule has 3 rings (SSSR count). The highest BCUT2D eigenvalue weighted by Gasteiger charge is 2.28. The van der Waals surface area contributed by atoms with Gasteiger partial charge < -0.3 is 4.84 Å². The smallest absolute Gasteiger partial charge is 0.333 e. The van der Waals surface area contributed by atoms with Crippen LogP contribution in [0, 0.1) is 0 Å². The first-order valence-corrected chi connectivity index (χ1v) is 7.32. The Morgan fingerprint density at radius 1 is 1.04 bits per heavy atom. The van der Waals surface area contributed by atoms with Crippen molar-refractivity contribution in [2.75, 3.05) is 4.90 Å². The van der Waals surface area contributed by atoms with Crippen molar-refractivity contribution in [2.45, 2.75) is 19.3 Å². The SMILES string of the molecule is C=C1CCC(=O)N1OC(=O)Cc1ccc(N2C(=O)C=CC2=O)cc1. The van der Waals surface area contributed by atoms with Crippen LogP contribution in [0.25, 0.3) is 0 Å². The molecule has 0 aromatic heterocycles. The predicted molar refractivity (Wildman–Crippen MR) is 83.1 cm³/mol. The number of anilines is 1. The molecule has 0 bridgehead atoms. The average molecular weight is 326 g/mol. The number of hydrogen-bond acceptors (Lipinski definition) is 5. The van der Waals surface area contributed by atoms with Crippen LogP contribution in [0.3, 0.4) is 0 Å². The van der Waals surface area contributed by atoms with Crippen LogP contribution in [-0.4, -0.2) is 28.8 Å². The molecule has 0 spiro atoms. The van der Waals surface area contributed by atoms with Crippen molar-refractivity contribution < 1.29 is 24.0 Å². The van der Waals surface area contributed by atoms with Crippen LogP contribution < -0.4 is 4.90 Å². The van der Waals surface area contributed by atoms with Gasteiger partial charge in [0, 0.05) is 18.6 Å². The molecule has 7 nitrogen and oxygen atoms in total. The molecule has 2 heterocycles. The van der Waals surface area contributed by atoms with E-state index in [-0.39, 0.29) is 18.7 Å². The second-order valence-electron chi connectivity index (χ2n) is 5.41. The first-order chi connectivity index (χ1) is 11.5. The first-order valence-electron chi connectivity index (χ1n) is 7.32. The summed E-state index contributed by atoms with van der Waals surface area (Å²) >= 11 is 0. The van der Waals surface area contributed by atoms with Gasteiger partial charge in [0.15, 0.2) is 0 Å². The molecule has 1 saturated heterocycles. The minimum Gasteiger partial charge on any atom is -0.333 e. The first kappa shape index (κ1) is 15.7. The topological polar surface area (TPSA) is 84.0 Å². The van der Waals surface area contributed by atoms with Crippen molar-refractivity contribution in [1.29, 1.82) is 0 Å². The summed E-state index contributed by atoms with van der Waals surface area (Å²) in [4.78, 5) is 52.7. The van der Waals surface area contributed by atoms with Crippen LogP contribution in [-0.2, 0) is 30.4 Å². The Kier molecular flexibility index (Phi) is 3.99. The molecule has 0 radical (unpaired) electrons. The minimum absolute atomic E-state index is 0.0442. The monoisotopic (exact) mass is 326 g/mol. The summed E-state index contributed by atoms with van der Waals surface area (Å²) in [5.74, 6) is -1.69. The molecule has 0 atom stereocenters. The van der Waals surface area contributed by atoms with Crippen molar-refractivity contribution in [3.05, 3.63) is 54.3 Å². The second kappa shape index (κ2) is 6.11. The van der Waals surface area contributed by atoms with E-state index in [4.69, 9.17) is 4.84 Å². The van der Waals surface area contributed by atoms with Gasteiger partial charge in [0.25, 0.3) is 17.7 Å². The number of carbonyl (C=O) groups is 4. The third kappa shape index (κ3) is 2.96. The molecule has 2 aliphatic heterocycles. The van der Waals surface area contributed by atoms with Gasteiger partial charge in [-0.1, -0.05) is 18.7 Å². The number of rotatable bonds is 4. The maximum absolute atomic E-state index is 11.9. The normalized spacial score (nSPS) is 17.2. The van der Waals surface area contributed by atoms with Crippen LogP contribution in [0.2, 0.25) is 0 Å². The van der Waals surface area contributed by atoms with E-state index in [1.54, 1.807) is 24.3 Å². The van der Waals surface area contributed by atoms with Crippen molar-refractivity contribution in [1.82, 2.24) is 5.06 Å². The highest BCUT2D eigenvalue weighted by atomic mass is 16.7. The third-order valence-corrected chi connectivity index (χ3v) is 3.69. The fourth-order valence-corrected chi connectivity index (χ4v) is 2.46. The predicted octanol–water partition coefficient (Wildman–Crippen LogP) is 1.25. The summed E-state index contributed by atoms with van der Waals surface area (Å²) in [7, 11) is 0. The van der Waals surface area contributed by atoms with Crippen LogP contribution in [0.15, 0.2) is 48.7 Å². The van der Waals surface area contributed by atoms with Gasteiger partial charge in [-0.3, -0.25) is 14.4 Å². The van der Waals surface area contributed by atoms with E-state index < -0.39 is 17.8 Å². The summed E-state index contributed by atoms with van der Waals surface area (Å²) in [5, 5.41) is 0.934. The minimum atomic E-state index is -0.589. The van der Waals surface area contributed by atoms with E-state index >= 15 is 0 Å². The molecule has 0 aliphatic carbocycles. The summed E-state index contributed by atoms with van der Waals surface area (Å²) in [6.07, 6.45) is 3.12. The Hall–Kier alpha value is -3.22. The molecule has 0 unspecified atom stereocenters. The van der Waals surface area contributed by atoms with E-state index in [9.17, 15) is 19.2 Å². The Morgan fingerprint density at radius 2 is 1.67 bits per heavy atom. The number of hydrogen-bond donors (Lipinski definition) is 0. The standard InChI is InChI=1S/C17H14N2O5/c1-11-2-7-16(22)19(11)24-17(23)10-12-3-5-13(6-4-12)18-14(20)8-9-15(18)21/h3-6,8-9H,1-2,7,10H2. The lowest BCUT2D eigenvalue weighted by Gasteiger charge is -2.16. The molecular formula is C17H14N2O5. The Balaban J connectivity index is 1.63. The maximum atomic E-state index is 11.9. The Bertz CT molecular complexity index is 745. The average Bonchev–Trinajstić information content (AvgIpc) is 3.04. The molecule has 0 saturated carbocycles. The number of carbonyl (C=O) groups excluding carboxylic acids is 4. The number of benzene rings is 1. The number of allylic oxidation sites excluding steroid dienone is 1. The molecule has 24 heavy (non-hydrogen) atoms. The van der Waals surface area contributed by atoms with E-state index in [2.05, 4.69) is 6.58 Å². The highest BCUT2D eigenvalue weighted by Crippen LogP contribution is 2.22. The zero-order valence-electron chi connectivity index (χ0n) is 12.7. The summed E-state index contributed by atoms with van der Waals surface area (Å²) in [6.45, 7) is 3.67. The maximum Gasteiger partial charge on any atom is 0.337 e. The van der Waals surface area contributed by atoms with E-state index in [1.165, 1.54) is 12.2 Å². The second-order valence-corrected chi connectivity index (χ2v) is 5.41. The van der Waals surface area contributed by atoms with Gasteiger partial charge in [0.05, 0.1) is 17.8 Å². The summed E-state index contributed by atoms with van der Waals surface area (Å²) in [5.41, 5.74) is 1.52. The molecule has 122 valence electrons. The molecule has 1 aromatic carbocycles. The number of nitrogens with zero attached hydrogens (tertiary/aromatic N) is 2. The van der Waals surface area contributed by atoms with Crippen molar-refractivity contribution in [3.8, 4) is 0 Å². The quantitative estimate of drug-likeness (QED) is 0.778. The van der Waals surface area contributed by atoms with Gasteiger partial charge in [-0.25, -0.2) is 9.69 Å². The lowest BCUT2D eigenvalue weighted by atomic mass is 10.1. The Morgan fingerprint density at radius 3 is 2.21 bits per heavy atom. The van der Waals surface area contributed by atoms with Gasteiger partial charge in [0.2, 0.25) is 0 Å². The van der Waals surface area contributed by atoms with Crippen molar-refractivity contribution in [3.63, 3.8) is 0 Å². The molecule has 2 aliphatic rings. The molecule has 7 heteroatoms. The zero-order valence-corrected chi connectivity index (χ0v) is 12.7. The number of hydroxylamine groups is 2. The summed E-state index contributed by atoms with van der Waals surface area (Å²) < 4.78 is 0. The van der Waals surface area contributed by atoms with Gasteiger partial charge in [-0.2, -0.15) is 0 Å². The number of amides is 3. The molecule has 1 fully saturated rings. The van der Waals surface area contributed by atoms with Gasteiger partial charge in [-0.15, -0.1) is 5.06 Å². The largest absolute Gasteiger partial charge is 0.337 e. The molecular weight excluding hydrogens is 312 g/mol. The number of imide groups is 1. The van der Waals surface area contributed by atoms with Gasteiger partial charge in [0.1, 0.15) is 0 Å². The zero-order chi connectivity index (χ0) is 17.3. The lowest BCUT2D eigenvalue weighted by Crippen LogP contribution is -2.29. The Labute approximate surface area is 137 Å². The fraction of sp³-hybridized carbons (Fsp3) is 0.176. The van der Waals surface area contributed by atoms with Crippen LogP contribution in [0.5, 0.6) is 0 Å².